The Balaban J connectivity index is 2.46. The first-order valence-corrected chi connectivity index (χ1v) is 10.3. The van der Waals surface area contributed by atoms with Gasteiger partial charge in [0, 0.05) is 18.8 Å². The number of sulfonamides is 1. The van der Waals surface area contributed by atoms with Gasteiger partial charge < -0.3 is 10.1 Å². The molecular formula is C17H19N5O6S. The van der Waals surface area contributed by atoms with Crippen molar-refractivity contribution < 1.29 is 18.3 Å². The monoisotopic (exact) mass is 421 g/mol. The maximum Gasteiger partial charge on any atom is 0.441 e. The molecule has 11 nitrogen and oxygen atoms in total. The van der Waals surface area contributed by atoms with Gasteiger partial charge in [-0.1, -0.05) is 18.3 Å². The van der Waals surface area contributed by atoms with Crippen molar-refractivity contribution in [3.05, 3.63) is 50.8 Å². The molecule has 0 spiro atoms. The molecule has 0 saturated carbocycles. The van der Waals surface area contributed by atoms with Gasteiger partial charge in [0.15, 0.2) is 0 Å². The van der Waals surface area contributed by atoms with Gasteiger partial charge >= 0.3 is 11.8 Å². The molecule has 0 radical (unpaired) electrons. The molecule has 0 aliphatic rings. The molecule has 2 aromatic heterocycles. The Kier molecular flexibility index (Phi) is 4.82. The highest BCUT2D eigenvalue weighted by Gasteiger charge is 2.29. The zero-order valence-corrected chi connectivity index (χ0v) is 16.9. The first kappa shape index (κ1) is 20.3. The van der Waals surface area contributed by atoms with E-state index < -0.39 is 27.4 Å². The molecule has 0 aliphatic carbocycles. The number of fused-ring (bicyclic) bond motifs is 1. The Morgan fingerprint density at radius 2 is 1.93 bits per heavy atom. The second-order valence-electron chi connectivity index (χ2n) is 6.82. The molecule has 2 N–H and O–H groups in total. The predicted molar refractivity (Wildman–Crippen MR) is 106 cm³/mol. The molecule has 12 heteroatoms. The number of benzene rings is 1. The van der Waals surface area contributed by atoms with E-state index in [4.69, 9.17) is 0 Å². The van der Waals surface area contributed by atoms with Crippen LogP contribution in [0.2, 0.25) is 0 Å². The van der Waals surface area contributed by atoms with E-state index >= 15 is 0 Å². The lowest BCUT2D eigenvalue weighted by Gasteiger charge is -2.19. The summed E-state index contributed by atoms with van der Waals surface area (Å²) < 4.78 is 25.1. The number of nitrogens with one attached hydrogen (secondary N) is 1. The third-order valence-electron chi connectivity index (χ3n) is 4.42. The molecule has 2 heterocycles. The van der Waals surface area contributed by atoms with Crippen molar-refractivity contribution >= 4 is 27.0 Å². The Bertz CT molecular complexity index is 1350. The van der Waals surface area contributed by atoms with Crippen LogP contribution in [0.1, 0.15) is 25.3 Å². The summed E-state index contributed by atoms with van der Waals surface area (Å²) in [6.45, 7) is 3.88. The quantitative estimate of drug-likeness (QED) is 0.633. The first-order valence-electron chi connectivity index (χ1n) is 8.48. The Hall–Kier alpha value is -3.41. The molecule has 29 heavy (non-hydrogen) atoms. The highest BCUT2D eigenvalue weighted by atomic mass is 32.2. The number of aryl methyl sites for hydroxylation is 1. The van der Waals surface area contributed by atoms with Crippen molar-refractivity contribution in [2.45, 2.75) is 19.8 Å². The normalized spacial score (nSPS) is 11.9. The minimum Gasteiger partial charge on any atom is -0.463 e. The molecule has 0 saturated heterocycles. The van der Waals surface area contributed by atoms with E-state index in [0.717, 1.165) is 5.56 Å². The first-order chi connectivity index (χ1) is 13.4. The van der Waals surface area contributed by atoms with Crippen molar-refractivity contribution in [1.82, 2.24) is 19.4 Å². The number of amides is 1. The molecule has 0 atom stereocenters. The molecule has 0 aliphatic heterocycles. The molecule has 0 unspecified atom stereocenters. The average molecular weight is 421 g/mol. The number of carboxylic acid groups (broad SMARTS) is 1. The summed E-state index contributed by atoms with van der Waals surface area (Å²) in [6, 6.07) is 4.87. The summed E-state index contributed by atoms with van der Waals surface area (Å²) in [7, 11) is -2.72. The lowest BCUT2D eigenvalue weighted by Crippen LogP contribution is -2.55. The zero-order valence-electron chi connectivity index (χ0n) is 16.1. The van der Waals surface area contributed by atoms with Gasteiger partial charge in [0.05, 0.1) is 22.9 Å². The minimum atomic E-state index is -4.45. The van der Waals surface area contributed by atoms with Crippen molar-refractivity contribution in [2.75, 3.05) is 10.7 Å². The van der Waals surface area contributed by atoms with Crippen LogP contribution < -0.4 is 15.7 Å². The van der Waals surface area contributed by atoms with Gasteiger partial charge in [0.1, 0.15) is 0 Å². The molecule has 3 rings (SSSR count). The second-order valence-corrected chi connectivity index (χ2v) is 8.63. The van der Waals surface area contributed by atoms with Crippen LogP contribution in [0.15, 0.2) is 34.0 Å². The van der Waals surface area contributed by atoms with Crippen LogP contribution in [0.4, 0.5) is 4.79 Å². The number of hydrogen-bond donors (Lipinski definition) is 2. The van der Waals surface area contributed by atoms with Crippen molar-refractivity contribution in [3.63, 3.8) is 0 Å². The fourth-order valence-electron chi connectivity index (χ4n) is 3.15. The number of rotatable bonds is 4. The zero-order chi connectivity index (χ0) is 21.7. The van der Waals surface area contributed by atoms with E-state index in [1.165, 1.54) is 6.07 Å². The molecule has 0 fully saturated rings. The topological polar surface area (TPSA) is 147 Å². The summed E-state index contributed by atoms with van der Waals surface area (Å²) in [6.07, 6.45) is 0.190. The third kappa shape index (κ3) is 3.42. The van der Waals surface area contributed by atoms with E-state index in [1.54, 1.807) is 30.1 Å². The third-order valence-corrected chi connectivity index (χ3v) is 5.37. The van der Waals surface area contributed by atoms with E-state index in [1.807, 2.05) is 13.8 Å². The molecule has 154 valence electrons. The number of hydrogen-bond acceptors (Lipinski definition) is 6. The molecule has 1 aromatic carbocycles. The number of carbonyl (C=O) groups is 1. The van der Waals surface area contributed by atoms with Crippen LogP contribution in [0.3, 0.4) is 0 Å². The van der Waals surface area contributed by atoms with Gasteiger partial charge in [-0.3, -0.25) is 9.48 Å². The summed E-state index contributed by atoms with van der Waals surface area (Å²) in [4.78, 5) is 39.3. The van der Waals surface area contributed by atoms with E-state index in [-0.39, 0.29) is 25.9 Å². The van der Waals surface area contributed by atoms with Gasteiger partial charge in [-0.15, -0.1) is 4.68 Å². The van der Waals surface area contributed by atoms with Crippen LogP contribution >= 0.6 is 0 Å². The predicted octanol–water partition coefficient (Wildman–Crippen LogP) is 0.789. The SMILES string of the molecule is CC(C)c1cc2[nH]c(=O)n(N(C(=O)O)S(C)(=O)=O)c(=O)c2cc1-c1ccnn1C. The standard InChI is InChI=1S/C17H19N5O6S/c1-9(2)10-8-13-12(7-11(10)14-5-6-18-20(14)3)15(23)21(16(24)19-13)22(17(25)26)29(4,27)28/h5-9H,1-4H3,(H,19,24)(H,25,26). The summed E-state index contributed by atoms with van der Waals surface area (Å²) in [5.41, 5.74) is 0.0980. The number of nitrogens with zero attached hydrogens (tertiary/aromatic N) is 4. The Morgan fingerprint density at radius 1 is 1.28 bits per heavy atom. The summed E-state index contributed by atoms with van der Waals surface area (Å²) in [5.74, 6) is 0.0294. The second kappa shape index (κ2) is 6.88. The smallest absolute Gasteiger partial charge is 0.441 e. The Labute approximate surface area is 164 Å². The van der Waals surface area contributed by atoms with E-state index in [0.29, 0.717) is 17.5 Å². The fourth-order valence-corrected chi connectivity index (χ4v) is 3.88. The average Bonchev–Trinajstić information content (AvgIpc) is 3.01. The molecule has 0 bridgehead atoms. The van der Waals surface area contributed by atoms with Crippen LogP contribution in [-0.4, -0.2) is 45.3 Å². The number of aromatic amines is 1. The Morgan fingerprint density at radius 3 is 2.41 bits per heavy atom. The van der Waals surface area contributed by atoms with Gasteiger partial charge in [-0.2, -0.15) is 5.10 Å². The van der Waals surface area contributed by atoms with Crippen LogP contribution in [0.5, 0.6) is 0 Å². The summed E-state index contributed by atoms with van der Waals surface area (Å²) in [5, 5.41) is 13.3. The van der Waals surface area contributed by atoms with Crippen molar-refractivity contribution in [3.8, 4) is 11.3 Å². The van der Waals surface area contributed by atoms with Gasteiger partial charge in [0.25, 0.3) is 15.6 Å². The largest absolute Gasteiger partial charge is 0.463 e. The van der Waals surface area contributed by atoms with Crippen LogP contribution in [0, 0.1) is 0 Å². The van der Waals surface area contributed by atoms with Crippen molar-refractivity contribution in [2.24, 2.45) is 7.05 Å². The number of H-pyrrole nitrogens is 1. The summed E-state index contributed by atoms with van der Waals surface area (Å²) >= 11 is 0. The lowest BCUT2D eigenvalue weighted by atomic mass is 9.93. The maximum atomic E-state index is 13.0. The van der Waals surface area contributed by atoms with Crippen LogP contribution in [-0.2, 0) is 17.1 Å². The van der Waals surface area contributed by atoms with Gasteiger partial charge in [-0.25, -0.2) is 18.0 Å². The molecule has 3 aromatic rings. The van der Waals surface area contributed by atoms with Gasteiger partial charge in [-0.05, 0) is 29.7 Å². The molecular weight excluding hydrogens is 402 g/mol. The van der Waals surface area contributed by atoms with Crippen LogP contribution in [0.25, 0.3) is 22.2 Å². The van der Waals surface area contributed by atoms with Crippen molar-refractivity contribution in [1.29, 1.82) is 0 Å². The maximum absolute atomic E-state index is 13.0. The van der Waals surface area contributed by atoms with Gasteiger partial charge in [0.2, 0.25) is 0 Å². The number of aromatic nitrogens is 4. The minimum absolute atomic E-state index is 0.0294. The van der Waals surface area contributed by atoms with E-state index in [9.17, 15) is 27.9 Å². The highest BCUT2D eigenvalue weighted by Crippen LogP contribution is 2.31. The fraction of sp³-hybridized carbons (Fsp3) is 0.294. The van der Waals surface area contributed by atoms with E-state index in [2.05, 4.69) is 10.1 Å². The lowest BCUT2D eigenvalue weighted by molar-refractivity contribution is 0.200. The molecule has 1 amide bonds. The highest BCUT2D eigenvalue weighted by molar-refractivity contribution is 7.92.